The number of hydrogen-bond donors (Lipinski definition) is 2. The van der Waals surface area contributed by atoms with Crippen molar-refractivity contribution in [2.75, 3.05) is 18.5 Å². The Bertz CT molecular complexity index is 437. The van der Waals surface area contributed by atoms with Gasteiger partial charge in [-0.25, -0.2) is 4.39 Å². The minimum Gasteiger partial charge on any atom is -0.379 e. The maximum Gasteiger partial charge on any atom is 0.231 e. The van der Waals surface area contributed by atoms with Gasteiger partial charge in [0, 0.05) is 6.04 Å². The monoisotopic (exact) mass is 238 g/mol. The number of carbonyl (C=O) groups excluding carboxylic acids is 1. The molecule has 1 amide bonds. The molecule has 0 saturated carbocycles. The van der Waals surface area contributed by atoms with Gasteiger partial charge in [0.05, 0.1) is 24.8 Å². The number of halogens is 1. The lowest BCUT2D eigenvalue weighted by molar-refractivity contribution is -0.120. The first-order valence-corrected chi connectivity index (χ1v) is 5.48. The topological polar surface area (TPSA) is 64.3 Å². The highest BCUT2D eigenvalue weighted by atomic mass is 19.1. The third-order valence-electron chi connectivity index (χ3n) is 2.84. The Labute approximate surface area is 98.9 Å². The lowest BCUT2D eigenvalue weighted by Gasteiger charge is -2.14. The Hall–Kier alpha value is -1.46. The summed E-state index contributed by atoms with van der Waals surface area (Å²) in [6, 6.07) is 4.25. The van der Waals surface area contributed by atoms with Gasteiger partial charge < -0.3 is 15.8 Å². The van der Waals surface area contributed by atoms with E-state index in [2.05, 4.69) is 5.32 Å². The van der Waals surface area contributed by atoms with Crippen LogP contribution in [0, 0.1) is 18.7 Å². The van der Waals surface area contributed by atoms with Gasteiger partial charge in [-0.1, -0.05) is 6.07 Å². The van der Waals surface area contributed by atoms with Crippen LogP contribution >= 0.6 is 0 Å². The lowest BCUT2D eigenvalue weighted by atomic mass is 10.0. The zero-order valence-corrected chi connectivity index (χ0v) is 9.57. The number of ether oxygens (including phenoxy) is 1. The second kappa shape index (κ2) is 4.81. The first kappa shape index (κ1) is 12.0. The van der Waals surface area contributed by atoms with Gasteiger partial charge in [0.15, 0.2) is 0 Å². The number of amides is 1. The molecule has 5 heteroatoms. The van der Waals surface area contributed by atoms with E-state index in [4.69, 9.17) is 10.5 Å². The van der Waals surface area contributed by atoms with Gasteiger partial charge in [-0.15, -0.1) is 0 Å². The maximum atomic E-state index is 13.4. The molecule has 3 N–H and O–H groups in total. The predicted octanol–water partition coefficient (Wildman–Crippen LogP) is 1.05. The van der Waals surface area contributed by atoms with Gasteiger partial charge in [-0.3, -0.25) is 4.79 Å². The number of aryl methyl sites for hydroxylation is 1. The summed E-state index contributed by atoms with van der Waals surface area (Å²) in [6.07, 6.45) is 0. The molecule has 0 bridgehead atoms. The van der Waals surface area contributed by atoms with E-state index in [0.29, 0.717) is 13.2 Å². The minimum atomic E-state index is -0.448. The van der Waals surface area contributed by atoms with Crippen LogP contribution in [0.1, 0.15) is 5.56 Å². The number of nitrogens with two attached hydrogens (primary N) is 1. The van der Waals surface area contributed by atoms with E-state index in [1.807, 2.05) is 6.92 Å². The van der Waals surface area contributed by atoms with E-state index in [0.717, 1.165) is 5.56 Å². The average molecular weight is 238 g/mol. The third kappa shape index (κ3) is 2.62. The summed E-state index contributed by atoms with van der Waals surface area (Å²) in [4.78, 5) is 11.9. The molecular formula is C12H15FN2O2. The number of anilines is 1. The highest BCUT2D eigenvalue weighted by Gasteiger charge is 2.31. The summed E-state index contributed by atoms with van der Waals surface area (Å²) in [7, 11) is 0. The summed E-state index contributed by atoms with van der Waals surface area (Å²) in [5, 5.41) is 2.55. The quantitative estimate of drug-likeness (QED) is 0.809. The summed E-state index contributed by atoms with van der Waals surface area (Å²) < 4.78 is 18.5. The Morgan fingerprint density at radius 1 is 1.53 bits per heavy atom. The van der Waals surface area contributed by atoms with Crippen LogP contribution in [-0.2, 0) is 9.53 Å². The van der Waals surface area contributed by atoms with E-state index in [9.17, 15) is 9.18 Å². The molecule has 92 valence electrons. The van der Waals surface area contributed by atoms with E-state index in [-0.39, 0.29) is 17.6 Å². The van der Waals surface area contributed by atoms with Crippen molar-refractivity contribution in [3.05, 3.63) is 29.6 Å². The first-order valence-electron chi connectivity index (χ1n) is 5.48. The van der Waals surface area contributed by atoms with Crippen LogP contribution in [0.3, 0.4) is 0 Å². The van der Waals surface area contributed by atoms with E-state index >= 15 is 0 Å². The zero-order valence-electron chi connectivity index (χ0n) is 9.57. The van der Waals surface area contributed by atoms with E-state index < -0.39 is 11.7 Å². The molecule has 0 spiro atoms. The van der Waals surface area contributed by atoms with Gasteiger partial charge in [-0.05, 0) is 24.6 Å². The van der Waals surface area contributed by atoms with Crippen molar-refractivity contribution in [1.82, 2.24) is 0 Å². The van der Waals surface area contributed by atoms with Crippen molar-refractivity contribution in [2.24, 2.45) is 11.7 Å². The van der Waals surface area contributed by atoms with Crippen LogP contribution in [0.15, 0.2) is 18.2 Å². The van der Waals surface area contributed by atoms with Crippen LogP contribution in [-0.4, -0.2) is 25.2 Å². The fourth-order valence-corrected chi connectivity index (χ4v) is 1.80. The van der Waals surface area contributed by atoms with Gasteiger partial charge in [0.1, 0.15) is 5.82 Å². The molecule has 1 aliphatic rings. The standard InChI is InChI=1S/C12H15FN2O2/c1-7-2-3-9(13)11(4-7)15-12(16)8-5-17-6-10(8)14/h2-4,8,10H,5-6,14H2,1H3,(H,15,16). The molecule has 0 radical (unpaired) electrons. The zero-order chi connectivity index (χ0) is 12.4. The Morgan fingerprint density at radius 3 is 2.94 bits per heavy atom. The molecule has 2 rings (SSSR count). The molecule has 1 aromatic carbocycles. The highest BCUT2D eigenvalue weighted by molar-refractivity contribution is 5.93. The van der Waals surface area contributed by atoms with Crippen LogP contribution in [0.4, 0.5) is 10.1 Å². The SMILES string of the molecule is Cc1ccc(F)c(NC(=O)C2COCC2N)c1. The van der Waals surface area contributed by atoms with Crippen LogP contribution < -0.4 is 11.1 Å². The van der Waals surface area contributed by atoms with Gasteiger partial charge >= 0.3 is 0 Å². The summed E-state index contributed by atoms with van der Waals surface area (Å²) in [5.74, 6) is -1.15. The highest BCUT2D eigenvalue weighted by Crippen LogP contribution is 2.19. The van der Waals surface area contributed by atoms with Crippen LogP contribution in [0.2, 0.25) is 0 Å². The molecule has 1 heterocycles. The van der Waals surface area contributed by atoms with Crippen molar-refractivity contribution < 1.29 is 13.9 Å². The van der Waals surface area contributed by atoms with E-state index in [1.165, 1.54) is 6.07 Å². The Morgan fingerprint density at radius 2 is 2.29 bits per heavy atom. The third-order valence-corrected chi connectivity index (χ3v) is 2.84. The molecule has 1 fully saturated rings. The molecule has 0 aromatic heterocycles. The molecule has 2 unspecified atom stereocenters. The van der Waals surface area contributed by atoms with Gasteiger partial charge in [0.2, 0.25) is 5.91 Å². The molecule has 4 nitrogen and oxygen atoms in total. The van der Waals surface area contributed by atoms with Gasteiger partial charge in [-0.2, -0.15) is 0 Å². The lowest BCUT2D eigenvalue weighted by Crippen LogP contribution is -2.37. The van der Waals surface area contributed by atoms with Crippen molar-refractivity contribution in [2.45, 2.75) is 13.0 Å². The number of rotatable bonds is 2. The van der Waals surface area contributed by atoms with Crippen molar-refractivity contribution in [3.8, 4) is 0 Å². The molecular weight excluding hydrogens is 223 g/mol. The number of carbonyl (C=O) groups is 1. The average Bonchev–Trinajstić information content (AvgIpc) is 2.70. The summed E-state index contributed by atoms with van der Waals surface area (Å²) in [6.45, 7) is 2.49. The largest absolute Gasteiger partial charge is 0.379 e. The second-order valence-electron chi connectivity index (χ2n) is 4.28. The minimum absolute atomic E-state index is 0.189. The summed E-state index contributed by atoms with van der Waals surface area (Å²) >= 11 is 0. The molecule has 1 aliphatic heterocycles. The number of benzene rings is 1. The fraction of sp³-hybridized carbons (Fsp3) is 0.417. The molecule has 1 saturated heterocycles. The fourth-order valence-electron chi connectivity index (χ4n) is 1.80. The first-order chi connectivity index (χ1) is 8.08. The normalized spacial score (nSPS) is 23.7. The van der Waals surface area contributed by atoms with Crippen molar-refractivity contribution in [1.29, 1.82) is 0 Å². The molecule has 1 aromatic rings. The molecule has 2 atom stereocenters. The smallest absolute Gasteiger partial charge is 0.231 e. The van der Waals surface area contributed by atoms with Gasteiger partial charge in [0.25, 0.3) is 0 Å². The van der Waals surface area contributed by atoms with Crippen molar-refractivity contribution in [3.63, 3.8) is 0 Å². The second-order valence-corrected chi connectivity index (χ2v) is 4.28. The van der Waals surface area contributed by atoms with Crippen LogP contribution in [0.5, 0.6) is 0 Å². The molecule has 0 aliphatic carbocycles. The predicted molar refractivity (Wildman–Crippen MR) is 62.1 cm³/mol. The molecule has 17 heavy (non-hydrogen) atoms. The van der Waals surface area contributed by atoms with Crippen molar-refractivity contribution >= 4 is 11.6 Å². The van der Waals surface area contributed by atoms with Crippen LogP contribution in [0.25, 0.3) is 0 Å². The summed E-state index contributed by atoms with van der Waals surface area (Å²) in [5.41, 5.74) is 6.79. The maximum absolute atomic E-state index is 13.4. The number of nitrogens with one attached hydrogen (secondary N) is 1. The Kier molecular flexibility index (Phi) is 3.40. The van der Waals surface area contributed by atoms with E-state index in [1.54, 1.807) is 12.1 Å². The Balaban J connectivity index is 2.10. The number of hydrogen-bond acceptors (Lipinski definition) is 3.